The maximum Gasteiger partial charge on any atom is 0.342 e. The zero-order chi connectivity index (χ0) is 12.8. The zero-order valence-corrected chi connectivity index (χ0v) is 10.3. The smallest absolute Gasteiger partial charge is 0.342 e. The minimum atomic E-state index is -0.553. The quantitative estimate of drug-likeness (QED) is 0.780. The van der Waals surface area contributed by atoms with Crippen molar-refractivity contribution >= 4 is 5.97 Å². The van der Waals surface area contributed by atoms with Crippen LogP contribution in [0.15, 0.2) is 18.2 Å². The maximum atomic E-state index is 11.7. The van der Waals surface area contributed by atoms with Crippen molar-refractivity contribution in [2.75, 3.05) is 34.4 Å². The van der Waals surface area contributed by atoms with Crippen LogP contribution in [-0.2, 0) is 4.74 Å². The number of methoxy groups -OCH3 is 1. The Balaban J connectivity index is 2.69. The van der Waals surface area contributed by atoms with E-state index < -0.39 is 5.97 Å². The molecule has 0 aromatic heterocycles. The molecule has 0 saturated heterocycles. The summed E-state index contributed by atoms with van der Waals surface area (Å²) in [5.41, 5.74) is 0.114. The van der Waals surface area contributed by atoms with E-state index in [2.05, 4.69) is 0 Å². The SMILES string of the molecule is COc1cccc(C(=O)OCCN(C)C)c1O. The number of benzene rings is 1. The van der Waals surface area contributed by atoms with E-state index in [4.69, 9.17) is 9.47 Å². The van der Waals surface area contributed by atoms with Crippen molar-refractivity contribution in [2.24, 2.45) is 0 Å². The van der Waals surface area contributed by atoms with Gasteiger partial charge in [0.05, 0.1) is 7.11 Å². The van der Waals surface area contributed by atoms with Gasteiger partial charge in [-0.25, -0.2) is 4.79 Å². The van der Waals surface area contributed by atoms with Gasteiger partial charge in [-0.05, 0) is 26.2 Å². The molecular formula is C12H17NO4. The number of rotatable bonds is 5. The van der Waals surface area contributed by atoms with Crippen LogP contribution in [0.4, 0.5) is 0 Å². The van der Waals surface area contributed by atoms with Gasteiger partial charge in [0.2, 0.25) is 0 Å². The van der Waals surface area contributed by atoms with E-state index in [-0.39, 0.29) is 23.7 Å². The fraction of sp³-hybridized carbons (Fsp3) is 0.417. The lowest BCUT2D eigenvalue weighted by atomic mass is 10.2. The molecule has 0 aliphatic carbocycles. The van der Waals surface area contributed by atoms with Gasteiger partial charge in [-0.1, -0.05) is 6.07 Å². The van der Waals surface area contributed by atoms with Crippen LogP contribution in [0.5, 0.6) is 11.5 Å². The van der Waals surface area contributed by atoms with Gasteiger partial charge in [-0.15, -0.1) is 0 Å². The second kappa shape index (κ2) is 6.10. The van der Waals surface area contributed by atoms with E-state index >= 15 is 0 Å². The van der Waals surface area contributed by atoms with Gasteiger partial charge >= 0.3 is 5.97 Å². The third-order valence-electron chi connectivity index (χ3n) is 2.21. The molecule has 1 N–H and O–H groups in total. The number of carbonyl (C=O) groups is 1. The second-order valence-corrected chi connectivity index (χ2v) is 3.80. The number of aromatic hydroxyl groups is 1. The molecule has 0 amide bonds. The van der Waals surface area contributed by atoms with Crippen molar-refractivity contribution in [1.29, 1.82) is 0 Å². The highest BCUT2D eigenvalue weighted by Crippen LogP contribution is 2.29. The lowest BCUT2D eigenvalue weighted by Crippen LogP contribution is -2.20. The highest BCUT2D eigenvalue weighted by molar-refractivity contribution is 5.93. The first-order valence-electron chi connectivity index (χ1n) is 5.24. The minimum absolute atomic E-state index is 0.114. The van der Waals surface area contributed by atoms with Crippen molar-refractivity contribution in [3.8, 4) is 11.5 Å². The molecule has 0 saturated carbocycles. The molecule has 0 radical (unpaired) electrons. The molecular weight excluding hydrogens is 222 g/mol. The van der Waals surface area contributed by atoms with Gasteiger partial charge in [0.15, 0.2) is 11.5 Å². The number of phenolic OH excluding ortho intramolecular Hbond substituents is 1. The van der Waals surface area contributed by atoms with Crippen molar-refractivity contribution in [3.63, 3.8) is 0 Å². The van der Waals surface area contributed by atoms with Gasteiger partial charge in [-0.2, -0.15) is 0 Å². The number of likely N-dealkylation sites (N-methyl/N-ethyl adjacent to an activating group) is 1. The molecule has 94 valence electrons. The summed E-state index contributed by atoms with van der Waals surface area (Å²) in [7, 11) is 5.20. The lowest BCUT2D eigenvalue weighted by Gasteiger charge is -2.11. The van der Waals surface area contributed by atoms with Crippen LogP contribution in [0.2, 0.25) is 0 Å². The van der Waals surface area contributed by atoms with E-state index in [0.717, 1.165) is 0 Å². The van der Waals surface area contributed by atoms with Crippen molar-refractivity contribution in [3.05, 3.63) is 23.8 Å². The number of ether oxygens (including phenoxy) is 2. The zero-order valence-electron chi connectivity index (χ0n) is 10.3. The van der Waals surface area contributed by atoms with Crippen LogP contribution in [-0.4, -0.2) is 50.3 Å². The van der Waals surface area contributed by atoms with E-state index in [1.54, 1.807) is 12.1 Å². The van der Waals surface area contributed by atoms with Crippen LogP contribution >= 0.6 is 0 Å². The predicted molar refractivity (Wildman–Crippen MR) is 63.5 cm³/mol. The molecule has 0 aliphatic rings. The van der Waals surface area contributed by atoms with Gasteiger partial charge in [0.1, 0.15) is 12.2 Å². The number of hydrogen-bond acceptors (Lipinski definition) is 5. The van der Waals surface area contributed by atoms with Crippen LogP contribution in [0.25, 0.3) is 0 Å². The highest BCUT2D eigenvalue weighted by atomic mass is 16.5. The van der Waals surface area contributed by atoms with Gasteiger partial charge in [0, 0.05) is 6.54 Å². The minimum Gasteiger partial charge on any atom is -0.504 e. The molecule has 1 aromatic rings. The number of carbonyl (C=O) groups excluding carboxylic acids is 1. The lowest BCUT2D eigenvalue weighted by molar-refractivity contribution is 0.0478. The van der Waals surface area contributed by atoms with Crippen LogP contribution < -0.4 is 4.74 Å². The van der Waals surface area contributed by atoms with Gasteiger partial charge in [0.25, 0.3) is 0 Å². The number of esters is 1. The largest absolute Gasteiger partial charge is 0.504 e. The van der Waals surface area contributed by atoms with Crippen molar-refractivity contribution in [1.82, 2.24) is 4.90 Å². The molecule has 1 aromatic carbocycles. The summed E-state index contributed by atoms with van der Waals surface area (Å²) < 4.78 is 9.94. The van der Waals surface area contributed by atoms with Crippen LogP contribution in [0, 0.1) is 0 Å². The molecule has 0 spiro atoms. The van der Waals surface area contributed by atoms with E-state index in [0.29, 0.717) is 6.54 Å². The molecule has 0 fully saturated rings. The van der Waals surface area contributed by atoms with E-state index in [9.17, 15) is 9.90 Å². The van der Waals surface area contributed by atoms with Crippen LogP contribution in [0.1, 0.15) is 10.4 Å². The Labute approximate surface area is 101 Å². The van der Waals surface area contributed by atoms with Crippen molar-refractivity contribution in [2.45, 2.75) is 0 Å². The Bertz CT molecular complexity index is 390. The first-order chi connectivity index (χ1) is 8.06. The Morgan fingerprint density at radius 2 is 2.12 bits per heavy atom. The average Bonchev–Trinajstić information content (AvgIpc) is 2.28. The summed E-state index contributed by atoms with van der Waals surface area (Å²) in [4.78, 5) is 13.6. The van der Waals surface area contributed by atoms with E-state index in [1.807, 2.05) is 19.0 Å². The Morgan fingerprint density at radius 1 is 1.41 bits per heavy atom. The fourth-order valence-corrected chi connectivity index (χ4v) is 1.25. The molecule has 0 atom stereocenters. The first kappa shape index (κ1) is 13.3. The number of nitrogens with zero attached hydrogens (tertiary/aromatic N) is 1. The summed E-state index contributed by atoms with van der Waals surface area (Å²) in [6, 6.07) is 4.70. The Kier molecular flexibility index (Phi) is 4.78. The molecule has 5 heteroatoms. The maximum absolute atomic E-state index is 11.7. The number of para-hydroxylation sites is 1. The van der Waals surface area contributed by atoms with E-state index in [1.165, 1.54) is 13.2 Å². The third-order valence-corrected chi connectivity index (χ3v) is 2.21. The summed E-state index contributed by atoms with van der Waals surface area (Å²) in [6.45, 7) is 0.916. The molecule has 1 rings (SSSR count). The third kappa shape index (κ3) is 3.64. The first-order valence-corrected chi connectivity index (χ1v) is 5.24. The monoisotopic (exact) mass is 239 g/mol. The Hall–Kier alpha value is -1.75. The molecule has 0 bridgehead atoms. The standard InChI is InChI=1S/C12H17NO4/c1-13(2)7-8-17-12(15)9-5-4-6-10(16-3)11(9)14/h4-6,14H,7-8H2,1-3H3. The number of phenols is 1. The average molecular weight is 239 g/mol. The van der Waals surface area contributed by atoms with Gasteiger partial charge in [-0.3, -0.25) is 0 Å². The fourth-order valence-electron chi connectivity index (χ4n) is 1.25. The van der Waals surface area contributed by atoms with Crippen molar-refractivity contribution < 1.29 is 19.4 Å². The predicted octanol–water partition coefficient (Wildman–Crippen LogP) is 1.12. The molecule has 0 heterocycles. The summed E-state index contributed by atoms with van der Waals surface area (Å²) in [6.07, 6.45) is 0. The second-order valence-electron chi connectivity index (χ2n) is 3.80. The Morgan fingerprint density at radius 3 is 2.71 bits per heavy atom. The number of hydrogen-bond donors (Lipinski definition) is 1. The highest BCUT2D eigenvalue weighted by Gasteiger charge is 2.15. The summed E-state index contributed by atoms with van der Waals surface area (Å²) >= 11 is 0. The molecule has 5 nitrogen and oxygen atoms in total. The topological polar surface area (TPSA) is 59.0 Å². The summed E-state index contributed by atoms with van der Waals surface area (Å²) in [5, 5.41) is 9.73. The molecule has 0 aliphatic heterocycles. The molecule has 0 unspecified atom stereocenters. The van der Waals surface area contributed by atoms with Crippen LogP contribution in [0.3, 0.4) is 0 Å². The van der Waals surface area contributed by atoms with Gasteiger partial charge < -0.3 is 19.5 Å². The summed E-state index contributed by atoms with van der Waals surface area (Å²) in [5.74, 6) is -0.486. The normalized spacial score (nSPS) is 10.4. The molecule has 17 heavy (non-hydrogen) atoms.